The third-order valence-corrected chi connectivity index (χ3v) is 6.13. The molecule has 2 aromatic heterocycles. The van der Waals surface area contributed by atoms with Gasteiger partial charge in [0.2, 0.25) is 0 Å². The van der Waals surface area contributed by atoms with Gasteiger partial charge in [0.05, 0.1) is 34.1 Å². The lowest BCUT2D eigenvalue weighted by Crippen LogP contribution is -2.42. The maximum atomic E-state index is 12.6. The Balaban J connectivity index is 1.85. The molecular weight excluding hydrogens is 441 g/mol. The van der Waals surface area contributed by atoms with Crippen LogP contribution in [0.5, 0.6) is 0 Å². The molecule has 3 rings (SSSR count). The number of halogens is 2. The number of nitrogens with zero attached hydrogens (tertiary/aromatic N) is 3. The normalized spacial score (nSPS) is 16.4. The quantitative estimate of drug-likeness (QED) is 0.547. The highest BCUT2D eigenvalue weighted by Crippen LogP contribution is 2.40. The van der Waals surface area contributed by atoms with Crippen LogP contribution in [0.3, 0.4) is 0 Å². The molecule has 9 heteroatoms. The van der Waals surface area contributed by atoms with Crippen LogP contribution in [0.15, 0.2) is 12.3 Å². The first-order valence-corrected chi connectivity index (χ1v) is 11.3. The van der Waals surface area contributed by atoms with Gasteiger partial charge in [-0.15, -0.1) is 0 Å². The fourth-order valence-corrected chi connectivity index (χ4v) is 4.60. The number of carbonyl (C=O) groups excluding carboxylic acids is 2. The van der Waals surface area contributed by atoms with Crippen LogP contribution in [0.25, 0.3) is 5.52 Å². The van der Waals surface area contributed by atoms with E-state index in [1.165, 1.54) is 6.20 Å². The second-order valence-electron chi connectivity index (χ2n) is 8.86. The van der Waals surface area contributed by atoms with Gasteiger partial charge in [-0.25, -0.2) is 14.1 Å². The van der Waals surface area contributed by atoms with E-state index in [4.69, 9.17) is 32.7 Å². The number of ether oxygens (including phenoxy) is 2. The predicted octanol–water partition coefficient (Wildman–Crippen LogP) is 5.57. The summed E-state index contributed by atoms with van der Waals surface area (Å²) in [5, 5.41) is 5.17. The van der Waals surface area contributed by atoms with Gasteiger partial charge in [-0.2, -0.15) is 5.10 Å². The first-order valence-electron chi connectivity index (χ1n) is 10.5. The summed E-state index contributed by atoms with van der Waals surface area (Å²) < 4.78 is 12.4. The van der Waals surface area contributed by atoms with Gasteiger partial charge in [-0.3, -0.25) is 0 Å². The van der Waals surface area contributed by atoms with Gasteiger partial charge >= 0.3 is 12.1 Å². The van der Waals surface area contributed by atoms with Crippen molar-refractivity contribution >= 4 is 40.8 Å². The third-order valence-electron chi connectivity index (χ3n) is 5.54. The Morgan fingerprint density at radius 2 is 1.90 bits per heavy atom. The van der Waals surface area contributed by atoms with E-state index < -0.39 is 11.6 Å². The molecule has 1 atom stereocenters. The van der Waals surface area contributed by atoms with Crippen molar-refractivity contribution in [1.29, 1.82) is 0 Å². The molecular formula is C22H29Cl2N3O4. The molecule has 1 saturated heterocycles. The van der Waals surface area contributed by atoms with Crippen molar-refractivity contribution in [3.05, 3.63) is 33.6 Å². The summed E-state index contributed by atoms with van der Waals surface area (Å²) >= 11 is 12.8. The van der Waals surface area contributed by atoms with E-state index >= 15 is 0 Å². The van der Waals surface area contributed by atoms with Crippen molar-refractivity contribution in [2.45, 2.75) is 59.0 Å². The maximum Gasteiger partial charge on any atom is 0.410 e. The predicted molar refractivity (Wildman–Crippen MR) is 120 cm³/mol. The first kappa shape index (κ1) is 23.7. The van der Waals surface area contributed by atoms with Crippen LogP contribution in [-0.2, 0) is 9.47 Å². The van der Waals surface area contributed by atoms with Crippen molar-refractivity contribution in [1.82, 2.24) is 14.5 Å². The van der Waals surface area contributed by atoms with Crippen molar-refractivity contribution in [3.63, 3.8) is 0 Å². The Morgan fingerprint density at radius 3 is 2.48 bits per heavy atom. The van der Waals surface area contributed by atoms with Crippen LogP contribution < -0.4 is 0 Å². The number of esters is 1. The molecule has 3 heterocycles. The van der Waals surface area contributed by atoms with E-state index in [-0.39, 0.29) is 30.1 Å². The number of fused-ring (bicyclic) bond motifs is 1. The summed E-state index contributed by atoms with van der Waals surface area (Å²) in [5.41, 5.74) is 1.05. The smallest absolute Gasteiger partial charge is 0.410 e. The van der Waals surface area contributed by atoms with E-state index in [2.05, 4.69) is 12.0 Å². The van der Waals surface area contributed by atoms with E-state index in [9.17, 15) is 9.59 Å². The summed E-state index contributed by atoms with van der Waals surface area (Å²) in [6.07, 6.45) is 2.84. The topological polar surface area (TPSA) is 73.1 Å². The highest BCUT2D eigenvalue weighted by Gasteiger charge is 2.34. The van der Waals surface area contributed by atoms with Crippen LogP contribution >= 0.6 is 23.2 Å². The number of hydrogen-bond donors (Lipinski definition) is 0. The van der Waals surface area contributed by atoms with E-state index in [0.29, 0.717) is 28.7 Å². The number of amides is 1. The van der Waals surface area contributed by atoms with E-state index in [1.807, 2.05) is 20.8 Å². The molecule has 31 heavy (non-hydrogen) atoms. The van der Waals surface area contributed by atoms with Gasteiger partial charge in [0.25, 0.3) is 0 Å². The van der Waals surface area contributed by atoms with Crippen LogP contribution in [0, 0.1) is 5.92 Å². The van der Waals surface area contributed by atoms with Gasteiger partial charge in [0.15, 0.2) is 0 Å². The molecule has 1 fully saturated rings. The van der Waals surface area contributed by atoms with Crippen LogP contribution in [-0.4, -0.2) is 51.9 Å². The Morgan fingerprint density at radius 1 is 1.26 bits per heavy atom. The molecule has 0 N–H and O–H groups in total. The molecule has 0 aliphatic carbocycles. The van der Waals surface area contributed by atoms with Gasteiger partial charge in [0.1, 0.15) is 11.2 Å². The SMILES string of the molecule is CCOC(=O)c1c(Cl)c(C(C)C2CCN(C(=O)OC(C)(C)C)CC2)n2ncc(Cl)cc12. The summed E-state index contributed by atoms with van der Waals surface area (Å²) in [6.45, 7) is 10.9. The second kappa shape index (κ2) is 9.25. The first-order chi connectivity index (χ1) is 14.5. The third kappa shape index (κ3) is 5.09. The molecule has 0 saturated carbocycles. The number of aromatic nitrogens is 2. The number of carbonyl (C=O) groups is 2. The van der Waals surface area contributed by atoms with Crippen molar-refractivity contribution in [3.8, 4) is 0 Å². The molecule has 1 unspecified atom stereocenters. The van der Waals surface area contributed by atoms with Gasteiger partial charge in [-0.1, -0.05) is 30.1 Å². The highest BCUT2D eigenvalue weighted by molar-refractivity contribution is 6.36. The van der Waals surface area contributed by atoms with Gasteiger partial charge < -0.3 is 14.4 Å². The number of likely N-dealkylation sites (tertiary alicyclic amines) is 1. The lowest BCUT2D eigenvalue weighted by atomic mass is 9.83. The zero-order chi connectivity index (χ0) is 22.9. The average Bonchev–Trinajstić information content (AvgIpc) is 2.97. The minimum Gasteiger partial charge on any atom is -0.462 e. The average molecular weight is 470 g/mol. The zero-order valence-corrected chi connectivity index (χ0v) is 20.1. The second-order valence-corrected chi connectivity index (χ2v) is 9.67. The minimum absolute atomic E-state index is 0.0117. The summed E-state index contributed by atoms with van der Waals surface area (Å²) in [7, 11) is 0. The molecule has 0 radical (unpaired) electrons. The molecule has 0 aromatic carbocycles. The molecule has 2 aromatic rings. The van der Waals surface area contributed by atoms with Crippen molar-refractivity contribution in [2.75, 3.05) is 19.7 Å². The molecule has 1 amide bonds. The molecule has 0 bridgehead atoms. The van der Waals surface area contributed by atoms with Crippen LogP contribution in [0.2, 0.25) is 10.0 Å². The summed E-state index contributed by atoms with van der Waals surface area (Å²) in [5.74, 6) is -0.216. The fraction of sp³-hybridized carbons (Fsp3) is 0.591. The summed E-state index contributed by atoms with van der Waals surface area (Å²) in [6, 6.07) is 1.67. The number of piperidine rings is 1. The Kier molecular flexibility index (Phi) is 7.06. The standard InChI is InChI=1S/C22H29Cl2N3O4/c1-6-30-20(28)17-16-11-15(23)12-25-27(16)19(18(17)24)13(2)14-7-9-26(10-8-14)21(29)31-22(3,4)5/h11-14H,6-10H2,1-5H3. The zero-order valence-electron chi connectivity index (χ0n) is 18.6. The number of hydrogen-bond acceptors (Lipinski definition) is 5. The van der Waals surface area contributed by atoms with Gasteiger partial charge in [0, 0.05) is 19.0 Å². The van der Waals surface area contributed by atoms with E-state index in [1.54, 1.807) is 22.4 Å². The van der Waals surface area contributed by atoms with Crippen LogP contribution in [0.4, 0.5) is 4.79 Å². The molecule has 1 aliphatic rings. The largest absolute Gasteiger partial charge is 0.462 e. The molecule has 170 valence electrons. The number of rotatable bonds is 4. The summed E-state index contributed by atoms with van der Waals surface area (Å²) in [4.78, 5) is 26.7. The molecule has 0 spiro atoms. The molecule has 1 aliphatic heterocycles. The Hall–Kier alpha value is -1.99. The van der Waals surface area contributed by atoms with Gasteiger partial charge in [-0.05, 0) is 52.5 Å². The maximum absolute atomic E-state index is 12.6. The monoisotopic (exact) mass is 469 g/mol. The van der Waals surface area contributed by atoms with Crippen molar-refractivity contribution in [2.24, 2.45) is 5.92 Å². The fourth-order valence-electron chi connectivity index (χ4n) is 4.03. The minimum atomic E-state index is -0.518. The Bertz CT molecular complexity index is 975. The highest BCUT2D eigenvalue weighted by atomic mass is 35.5. The van der Waals surface area contributed by atoms with Crippen molar-refractivity contribution < 1.29 is 19.1 Å². The van der Waals surface area contributed by atoms with E-state index in [0.717, 1.165) is 18.5 Å². The lowest BCUT2D eigenvalue weighted by Gasteiger charge is -2.35. The molecule has 7 nitrogen and oxygen atoms in total. The van der Waals surface area contributed by atoms with Crippen LogP contribution in [0.1, 0.15) is 69.4 Å². The lowest BCUT2D eigenvalue weighted by molar-refractivity contribution is 0.0175. The Labute approximate surface area is 192 Å².